The molecule has 0 bridgehead atoms. The first-order valence-electron chi connectivity index (χ1n) is 12.6. The molecule has 2 aromatic carbocycles. The first-order valence-corrected chi connectivity index (χ1v) is 13.0. The summed E-state index contributed by atoms with van der Waals surface area (Å²) in [4.78, 5) is 46.1. The fourth-order valence-electron chi connectivity index (χ4n) is 4.28. The second-order valence-corrected chi connectivity index (χ2v) is 9.50. The van der Waals surface area contributed by atoms with Crippen LogP contribution in [0.2, 0.25) is 5.15 Å². The van der Waals surface area contributed by atoms with Crippen molar-refractivity contribution in [2.45, 2.75) is 19.3 Å². The van der Waals surface area contributed by atoms with Crippen LogP contribution in [-0.2, 0) is 22.7 Å². The van der Waals surface area contributed by atoms with E-state index in [1.807, 2.05) is 60.7 Å². The van der Waals surface area contributed by atoms with E-state index in [0.29, 0.717) is 24.8 Å². The number of rotatable bonds is 10. The van der Waals surface area contributed by atoms with Gasteiger partial charge in [0.2, 0.25) is 11.8 Å². The molecule has 0 unspecified atom stereocenters. The van der Waals surface area contributed by atoms with Gasteiger partial charge in [-0.05, 0) is 34.9 Å². The Labute approximate surface area is 232 Å². The van der Waals surface area contributed by atoms with E-state index in [9.17, 15) is 14.4 Å². The summed E-state index contributed by atoms with van der Waals surface area (Å²) in [6.45, 7) is 4.79. The highest BCUT2D eigenvalue weighted by Crippen LogP contribution is 2.22. The number of nitrogens with one attached hydrogen (secondary N) is 3. The van der Waals surface area contributed by atoms with E-state index in [4.69, 9.17) is 11.6 Å². The van der Waals surface area contributed by atoms with Gasteiger partial charge in [0.1, 0.15) is 17.9 Å². The molecule has 39 heavy (non-hydrogen) atoms. The molecule has 1 aromatic heterocycles. The Kier molecular flexibility index (Phi) is 9.66. The Bertz CT molecular complexity index is 1300. The lowest BCUT2D eigenvalue weighted by Crippen LogP contribution is -2.65. The number of carbonyl (C=O) groups excluding carboxylic acids is 3. The van der Waals surface area contributed by atoms with E-state index < -0.39 is 12.2 Å². The second kappa shape index (κ2) is 13.5. The molecular weight excluding hydrogens is 516 g/mol. The lowest BCUT2D eigenvalue weighted by atomic mass is 10.0. The molecule has 202 valence electrons. The maximum Gasteiger partial charge on any atom is 0.316 e. The molecule has 0 aliphatic carbocycles. The van der Waals surface area contributed by atoms with Gasteiger partial charge in [-0.25, -0.2) is 9.78 Å². The van der Waals surface area contributed by atoms with Crippen LogP contribution in [0.25, 0.3) is 11.1 Å². The molecule has 1 fully saturated rings. The van der Waals surface area contributed by atoms with Crippen LogP contribution < -0.4 is 16.0 Å². The lowest BCUT2D eigenvalue weighted by molar-refractivity contribution is -0.149. The number of hydrogen-bond acceptors (Lipinski definition) is 5. The van der Waals surface area contributed by atoms with E-state index in [1.54, 1.807) is 23.2 Å². The van der Waals surface area contributed by atoms with E-state index in [0.717, 1.165) is 22.3 Å². The monoisotopic (exact) mass is 546 g/mol. The summed E-state index contributed by atoms with van der Waals surface area (Å²) in [5, 5.41) is 9.09. The molecule has 0 saturated carbocycles. The van der Waals surface area contributed by atoms with Crippen LogP contribution in [0.15, 0.2) is 85.6 Å². The molecule has 4 amide bonds. The average molecular weight is 547 g/mol. The first kappa shape index (κ1) is 27.8. The number of hydrogen-bond donors (Lipinski definition) is 3. The van der Waals surface area contributed by atoms with Crippen molar-refractivity contribution in [2.24, 2.45) is 0 Å². The first-order chi connectivity index (χ1) is 18.9. The fraction of sp³-hybridized carbons (Fsp3) is 0.241. The van der Waals surface area contributed by atoms with Gasteiger partial charge in [-0.1, -0.05) is 66.2 Å². The number of pyridine rings is 1. The molecule has 0 radical (unpaired) electrons. The third-order valence-electron chi connectivity index (χ3n) is 6.27. The largest absolute Gasteiger partial charge is 0.334 e. The van der Waals surface area contributed by atoms with Crippen molar-refractivity contribution in [1.29, 1.82) is 0 Å². The predicted molar refractivity (Wildman–Crippen MR) is 150 cm³/mol. The molecule has 3 N–H and O–H groups in total. The van der Waals surface area contributed by atoms with Gasteiger partial charge in [-0.3, -0.25) is 9.59 Å². The highest BCUT2D eigenvalue weighted by molar-refractivity contribution is 6.29. The number of nitrogens with zero attached hydrogens (tertiary/aromatic N) is 3. The summed E-state index contributed by atoms with van der Waals surface area (Å²) < 4.78 is 0. The van der Waals surface area contributed by atoms with Crippen molar-refractivity contribution in [3.8, 4) is 11.1 Å². The summed E-state index contributed by atoms with van der Waals surface area (Å²) in [6.07, 6.45) is 2.66. The second-order valence-electron chi connectivity index (χ2n) is 9.11. The van der Waals surface area contributed by atoms with Crippen LogP contribution >= 0.6 is 11.6 Å². The molecule has 9 nitrogen and oxygen atoms in total. The number of urea groups is 1. The molecule has 2 heterocycles. The third kappa shape index (κ3) is 7.89. The molecule has 3 aromatic rings. The van der Waals surface area contributed by atoms with Crippen LogP contribution in [0.4, 0.5) is 4.79 Å². The van der Waals surface area contributed by atoms with E-state index in [2.05, 4.69) is 27.5 Å². The van der Waals surface area contributed by atoms with Gasteiger partial charge in [-0.15, -0.1) is 6.58 Å². The zero-order valence-electron chi connectivity index (χ0n) is 21.5. The number of aromatic nitrogens is 1. The lowest BCUT2D eigenvalue weighted by Gasteiger charge is -2.41. The van der Waals surface area contributed by atoms with Crippen LogP contribution in [0.3, 0.4) is 0 Å². The Balaban J connectivity index is 1.46. The summed E-state index contributed by atoms with van der Waals surface area (Å²) in [5.41, 5.74) is 3.71. The summed E-state index contributed by atoms with van der Waals surface area (Å²) in [6, 6.07) is 20.5. The van der Waals surface area contributed by atoms with Gasteiger partial charge >= 0.3 is 6.03 Å². The molecule has 4 rings (SSSR count). The van der Waals surface area contributed by atoms with Crippen molar-refractivity contribution < 1.29 is 14.4 Å². The molecule has 1 saturated heterocycles. The molecule has 10 heteroatoms. The number of benzene rings is 2. The smallest absolute Gasteiger partial charge is 0.316 e. The Hall–Kier alpha value is -4.21. The van der Waals surface area contributed by atoms with E-state index in [-0.39, 0.29) is 31.4 Å². The Morgan fingerprint density at radius 1 is 1.05 bits per heavy atom. The Morgan fingerprint density at radius 2 is 1.85 bits per heavy atom. The number of amides is 4. The van der Waals surface area contributed by atoms with Gasteiger partial charge in [0.15, 0.2) is 0 Å². The quantitative estimate of drug-likeness (QED) is 0.206. The number of halogens is 1. The van der Waals surface area contributed by atoms with Crippen molar-refractivity contribution >= 4 is 29.4 Å². The van der Waals surface area contributed by atoms with Gasteiger partial charge in [0.25, 0.3) is 0 Å². The minimum atomic E-state index is -0.694. The fourth-order valence-corrected chi connectivity index (χ4v) is 4.39. The van der Waals surface area contributed by atoms with Crippen molar-refractivity contribution in [2.75, 3.05) is 26.2 Å². The summed E-state index contributed by atoms with van der Waals surface area (Å²) in [5.74, 6) is -0.483. The van der Waals surface area contributed by atoms with Gasteiger partial charge in [0, 0.05) is 31.4 Å². The van der Waals surface area contributed by atoms with E-state index in [1.165, 1.54) is 4.90 Å². The Morgan fingerprint density at radius 3 is 2.59 bits per heavy atom. The maximum atomic E-state index is 13.1. The zero-order valence-corrected chi connectivity index (χ0v) is 22.2. The average Bonchev–Trinajstić information content (AvgIpc) is 2.95. The van der Waals surface area contributed by atoms with Gasteiger partial charge in [0.05, 0.1) is 13.1 Å². The number of piperazine rings is 1. The standard InChI is InChI=1S/C29H31ClN6O3/c1-2-13-31-17-27(37)36-20-28(38)35(19-26(36)34-29(39)33-15-21-7-4-3-5-8-21)18-22-9-6-10-23(14-22)24-11-12-25(30)32-16-24/h2-12,14,16,26,31H,1,13,15,17-20H2,(H2,33,34,39)/t26-/m1/s1. The summed E-state index contributed by atoms with van der Waals surface area (Å²) >= 11 is 5.92. The number of carbonyl (C=O) groups is 3. The SMILES string of the molecule is C=CCNCC(=O)N1CC(=O)N(Cc2cccc(-c3ccc(Cl)nc3)c2)C[C@@H]1NC(=O)NCc1ccccc1. The van der Waals surface area contributed by atoms with Crippen molar-refractivity contribution in [3.05, 3.63) is 102 Å². The molecule has 1 aliphatic heterocycles. The topological polar surface area (TPSA) is 107 Å². The summed E-state index contributed by atoms with van der Waals surface area (Å²) in [7, 11) is 0. The molecular formula is C29H31ClN6O3. The van der Waals surface area contributed by atoms with Crippen LogP contribution in [0, 0.1) is 0 Å². The maximum absolute atomic E-state index is 13.1. The minimum Gasteiger partial charge on any atom is -0.334 e. The molecule has 1 aliphatic rings. The molecule has 1 atom stereocenters. The van der Waals surface area contributed by atoms with Gasteiger partial charge in [-0.2, -0.15) is 0 Å². The molecule has 0 spiro atoms. The van der Waals surface area contributed by atoms with Crippen LogP contribution in [0.1, 0.15) is 11.1 Å². The van der Waals surface area contributed by atoms with E-state index >= 15 is 0 Å². The van der Waals surface area contributed by atoms with Gasteiger partial charge < -0.3 is 25.8 Å². The van der Waals surface area contributed by atoms with Crippen molar-refractivity contribution in [1.82, 2.24) is 30.7 Å². The van der Waals surface area contributed by atoms with Crippen LogP contribution in [0.5, 0.6) is 0 Å². The van der Waals surface area contributed by atoms with Crippen LogP contribution in [-0.4, -0.2) is 65.0 Å². The minimum absolute atomic E-state index is 0.0281. The third-order valence-corrected chi connectivity index (χ3v) is 6.49. The predicted octanol–water partition coefficient (Wildman–Crippen LogP) is 3.17. The highest BCUT2D eigenvalue weighted by atomic mass is 35.5. The normalized spacial score (nSPS) is 15.1. The van der Waals surface area contributed by atoms with Crippen molar-refractivity contribution in [3.63, 3.8) is 0 Å². The highest BCUT2D eigenvalue weighted by Gasteiger charge is 2.35. The zero-order chi connectivity index (χ0) is 27.6.